The van der Waals surface area contributed by atoms with Crippen LogP contribution in [0.5, 0.6) is 0 Å². The van der Waals surface area contributed by atoms with Gasteiger partial charge >= 0.3 is 0 Å². The lowest BCUT2D eigenvalue weighted by atomic mass is 10.1. The molecule has 1 saturated heterocycles. The molecule has 0 spiro atoms. The van der Waals surface area contributed by atoms with Gasteiger partial charge in [-0.3, -0.25) is 15.0 Å². The van der Waals surface area contributed by atoms with E-state index in [0.717, 1.165) is 25.9 Å². The molecule has 3 rings (SSSR count). The van der Waals surface area contributed by atoms with Crippen LogP contribution in [-0.4, -0.2) is 33.6 Å². The molecule has 1 atom stereocenters. The normalized spacial score (nSPS) is 19.1. The molecular weight excluding hydrogens is 272 g/mol. The van der Waals surface area contributed by atoms with Crippen molar-refractivity contribution in [2.45, 2.75) is 25.4 Å². The van der Waals surface area contributed by atoms with Gasteiger partial charge in [0.1, 0.15) is 5.51 Å². The van der Waals surface area contributed by atoms with Crippen LogP contribution in [0.3, 0.4) is 0 Å². The molecule has 2 aromatic rings. The number of hydrogen-bond donors (Lipinski definition) is 1. The topological polar surface area (TPSA) is 58.1 Å². The van der Waals surface area contributed by atoms with Gasteiger partial charge in [-0.05, 0) is 24.9 Å². The van der Waals surface area contributed by atoms with Crippen molar-refractivity contribution in [1.29, 1.82) is 0 Å². The van der Waals surface area contributed by atoms with Crippen molar-refractivity contribution < 1.29 is 4.79 Å². The molecule has 0 saturated carbocycles. The van der Waals surface area contributed by atoms with Crippen LogP contribution in [0.15, 0.2) is 35.8 Å². The van der Waals surface area contributed by atoms with Crippen molar-refractivity contribution in [3.8, 4) is 0 Å². The molecule has 1 aromatic heterocycles. The van der Waals surface area contributed by atoms with Crippen molar-refractivity contribution in [2.75, 3.05) is 11.9 Å². The predicted octanol–water partition coefficient (Wildman–Crippen LogP) is 2.14. The van der Waals surface area contributed by atoms with Crippen molar-refractivity contribution in [3.05, 3.63) is 41.4 Å². The van der Waals surface area contributed by atoms with E-state index >= 15 is 0 Å². The van der Waals surface area contributed by atoms with Crippen LogP contribution in [0, 0.1) is 0 Å². The molecule has 1 fully saturated rings. The van der Waals surface area contributed by atoms with Gasteiger partial charge in [0.25, 0.3) is 0 Å². The third kappa shape index (κ3) is 3.02. The van der Waals surface area contributed by atoms with Gasteiger partial charge in [0.15, 0.2) is 0 Å². The van der Waals surface area contributed by atoms with Crippen LogP contribution in [0.2, 0.25) is 0 Å². The summed E-state index contributed by atoms with van der Waals surface area (Å²) < 4.78 is 0. The lowest BCUT2D eigenvalue weighted by Gasteiger charge is -2.23. The van der Waals surface area contributed by atoms with Crippen molar-refractivity contribution in [1.82, 2.24) is 15.1 Å². The number of nitrogens with one attached hydrogen (secondary N) is 1. The van der Waals surface area contributed by atoms with E-state index in [4.69, 9.17) is 0 Å². The number of hydrogen-bond acceptors (Lipinski definition) is 5. The fourth-order valence-corrected chi connectivity index (χ4v) is 2.99. The lowest BCUT2D eigenvalue weighted by molar-refractivity contribution is -0.120. The Kier molecular flexibility index (Phi) is 4.03. The zero-order valence-electron chi connectivity index (χ0n) is 11.0. The number of carbonyl (C=O) groups excluding carboxylic acids is 1. The summed E-state index contributed by atoms with van der Waals surface area (Å²) >= 11 is 1.34. The molecule has 1 aromatic carbocycles. The van der Waals surface area contributed by atoms with Gasteiger partial charge in [-0.2, -0.15) is 0 Å². The van der Waals surface area contributed by atoms with Gasteiger partial charge in [0.2, 0.25) is 11.0 Å². The first-order chi connectivity index (χ1) is 9.83. The van der Waals surface area contributed by atoms with Crippen molar-refractivity contribution in [2.24, 2.45) is 0 Å². The zero-order valence-corrected chi connectivity index (χ0v) is 11.8. The largest absolute Gasteiger partial charge is 0.299 e. The summed E-state index contributed by atoms with van der Waals surface area (Å²) in [6, 6.07) is 10.2. The molecule has 20 heavy (non-hydrogen) atoms. The Labute approximate surface area is 121 Å². The maximum Gasteiger partial charge on any atom is 0.243 e. The molecule has 104 valence electrons. The molecule has 5 nitrogen and oxygen atoms in total. The van der Waals surface area contributed by atoms with Crippen molar-refractivity contribution >= 4 is 22.4 Å². The summed E-state index contributed by atoms with van der Waals surface area (Å²) in [5.41, 5.74) is 2.86. The second-order valence-corrected chi connectivity index (χ2v) is 5.68. The standard InChI is InChI=1S/C14H16N4OS/c19-13(16-14-17-15-10-20-14)12-7-4-8-18(12)9-11-5-2-1-3-6-11/h1-3,5-6,10,12H,4,7-9H2,(H,16,17,19). The van der Waals surface area contributed by atoms with Crippen LogP contribution in [0.4, 0.5) is 5.13 Å². The molecule has 1 N–H and O–H groups in total. The van der Waals surface area contributed by atoms with E-state index in [1.807, 2.05) is 18.2 Å². The first kappa shape index (κ1) is 13.2. The second kappa shape index (κ2) is 6.11. The Bertz CT molecular complexity index is 558. The summed E-state index contributed by atoms with van der Waals surface area (Å²) in [6.45, 7) is 1.78. The molecule has 0 aliphatic carbocycles. The van der Waals surface area contributed by atoms with Gasteiger partial charge in [-0.25, -0.2) is 0 Å². The summed E-state index contributed by atoms with van der Waals surface area (Å²) in [4.78, 5) is 14.5. The second-order valence-electron chi connectivity index (χ2n) is 4.85. The number of benzene rings is 1. The number of anilines is 1. The SMILES string of the molecule is O=C(Nc1nncs1)C1CCCN1Cc1ccccc1. The van der Waals surface area contributed by atoms with Crippen LogP contribution < -0.4 is 5.32 Å². The lowest BCUT2D eigenvalue weighted by Crippen LogP contribution is -2.39. The van der Waals surface area contributed by atoms with Gasteiger partial charge in [-0.1, -0.05) is 41.7 Å². The van der Waals surface area contributed by atoms with Crippen LogP contribution in [0.1, 0.15) is 18.4 Å². The van der Waals surface area contributed by atoms with Crippen LogP contribution in [-0.2, 0) is 11.3 Å². The Hall–Kier alpha value is -1.79. The number of amides is 1. The van der Waals surface area contributed by atoms with Gasteiger partial charge < -0.3 is 0 Å². The first-order valence-corrected chi connectivity index (χ1v) is 7.56. The molecule has 6 heteroatoms. The highest BCUT2D eigenvalue weighted by Gasteiger charge is 2.30. The molecular formula is C14H16N4OS. The number of rotatable bonds is 4. The quantitative estimate of drug-likeness (QED) is 0.936. The Morgan fingerprint density at radius 1 is 1.40 bits per heavy atom. The monoisotopic (exact) mass is 288 g/mol. The van der Waals surface area contributed by atoms with Gasteiger partial charge in [0, 0.05) is 6.54 Å². The van der Waals surface area contributed by atoms with E-state index < -0.39 is 0 Å². The number of nitrogens with zero attached hydrogens (tertiary/aromatic N) is 3. The van der Waals surface area contributed by atoms with Gasteiger partial charge in [0.05, 0.1) is 6.04 Å². The molecule has 1 aliphatic rings. The number of aromatic nitrogens is 2. The highest BCUT2D eigenvalue weighted by molar-refractivity contribution is 7.13. The van der Waals surface area contributed by atoms with E-state index in [2.05, 4.69) is 32.5 Å². The average Bonchev–Trinajstić information content (AvgIpc) is 3.11. The summed E-state index contributed by atoms with van der Waals surface area (Å²) in [5.74, 6) is 0.0233. The van der Waals surface area contributed by atoms with E-state index in [1.54, 1.807) is 5.51 Å². The Balaban J connectivity index is 1.64. The smallest absolute Gasteiger partial charge is 0.243 e. The minimum Gasteiger partial charge on any atom is -0.299 e. The predicted molar refractivity (Wildman–Crippen MR) is 78.4 cm³/mol. The molecule has 1 aliphatic heterocycles. The Morgan fingerprint density at radius 2 is 2.25 bits per heavy atom. The molecule has 1 amide bonds. The van der Waals surface area contributed by atoms with E-state index in [-0.39, 0.29) is 11.9 Å². The Morgan fingerprint density at radius 3 is 3.00 bits per heavy atom. The first-order valence-electron chi connectivity index (χ1n) is 6.68. The third-order valence-corrected chi connectivity index (χ3v) is 4.09. The van der Waals surface area contributed by atoms with Gasteiger partial charge in [-0.15, -0.1) is 10.2 Å². The summed E-state index contributed by atoms with van der Waals surface area (Å²) in [7, 11) is 0. The van der Waals surface area contributed by atoms with Crippen molar-refractivity contribution in [3.63, 3.8) is 0 Å². The molecule has 0 bridgehead atoms. The zero-order chi connectivity index (χ0) is 13.8. The molecule has 2 heterocycles. The summed E-state index contributed by atoms with van der Waals surface area (Å²) in [6.07, 6.45) is 1.96. The maximum absolute atomic E-state index is 12.3. The van der Waals surface area contributed by atoms with Crippen LogP contribution in [0.25, 0.3) is 0 Å². The minimum atomic E-state index is -0.0703. The number of carbonyl (C=O) groups is 1. The maximum atomic E-state index is 12.3. The number of likely N-dealkylation sites (tertiary alicyclic amines) is 1. The molecule has 0 radical (unpaired) electrons. The van der Waals surface area contributed by atoms with E-state index in [9.17, 15) is 4.79 Å². The van der Waals surface area contributed by atoms with E-state index in [1.165, 1.54) is 16.9 Å². The fourth-order valence-electron chi connectivity index (χ4n) is 2.55. The third-order valence-electron chi connectivity index (χ3n) is 3.48. The highest BCUT2D eigenvalue weighted by atomic mass is 32.1. The fraction of sp³-hybridized carbons (Fsp3) is 0.357. The summed E-state index contributed by atoms with van der Waals surface area (Å²) in [5, 5.41) is 11.0. The van der Waals surface area contributed by atoms with E-state index in [0.29, 0.717) is 5.13 Å². The average molecular weight is 288 g/mol. The molecule has 1 unspecified atom stereocenters. The minimum absolute atomic E-state index is 0.0233. The van der Waals surface area contributed by atoms with Crippen LogP contribution >= 0.6 is 11.3 Å². The highest BCUT2D eigenvalue weighted by Crippen LogP contribution is 2.21.